The van der Waals surface area contributed by atoms with E-state index in [1.165, 1.54) is 0 Å². The molecule has 3 aromatic carbocycles. The number of carbonyl (C=O) groups is 1. The molecule has 0 aliphatic heterocycles. The monoisotopic (exact) mass is 467 g/mol. The van der Waals surface area contributed by atoms with Crippen molar-refractivity contribution in [3.05, 3.63) is 115 Å². The van der Waals surface area contributed by atoms with Gasteiger partial charge in [0.2, 0.25) is 0 Å². The molecule has 1 amide bonds. The van der Waals surface area contributed by atoms with E-state index in [9.17, 15) is 4.79 Å². The molecular formula is C30H21N5O. The van der Waals surface area contributed by atoms with Crippen LogP contribution in [0.3, 0.4) is 0 Å². The highest BCUT2D eigenvalue weighted by atomic mass is 16.2. The summed E-state index contributed by atoms with van der Waals surface area (Å²) < 4.78 is 0. The van der Waals surface area contributed by atoms with Crippen molar-refractivity contribution in [2.75, 3.05) is 11.9 Å². The second kappa shape index (κ2) is 9.00. The van der Waals surface area contributed by atoms with Gasteiger partial charge >= 0.3 is 0 Å². The van der Waals surface area contributed by atoms with E-state index in [-0.39, 0.29) is 5.91 Å². The predicted molar refractivity (Wildman–Crippen MR) is 143 cm³/mol. The molecule has 0 aliphatic rings. The maximum absolute atomic E-state index is 13.4. The summed E-state index contributed by atoms with van der Waals surface area (Å²) in [5.41, 5.74) is 5.33. The minimum atomic E-state index is -0.123. The van der Waals surface area contributed by atoms with Crippen molar-refractivity contribution < 1.29 is 4.79 Å². The average Bonchev–Trinajstić information content (AvgIpc) is 2.96. The summed E-state index contributed by atoms with van der Waals surface area (Å²) in [6, 6.07) is 30.9. The quantitative estimate of drug-likeness (QED) is 0.309. The molecule has 0 atom stereocenters. The molecule has 0 radical (unpaired) electrons. The molecule has 172 valence electrons. The Morgan fingerprint density at radius 3 is 1.94 bits per heavy atom. The van der Waals surface area contributed by atoms with Crippen LogP contribution >= 0.6 is 0 Å². The van der Waals surface area contributed by atoms with Gasteiger partial charge in [-0.05, 0) is 65.4 Å². The number of hydrogen-bond donors (Lipinski definition) is 0. The van der Waals surface area contributed by atoms with Crippen molar-refractivity contribution >= 4 is 33.4 Å². The third-order valence-electron chi connectivity index (χ3n) is 6.15. The molecule has 0 N–H and O–H groups in total. The summed E-state index contributed by atoms with van der Waals surface area (Å²) in [6.07, 6.45) is 3.45. The first-order chi connectivity index (χ1) is 17.7. The molecule has 6 heteroatoms. The van der Waals surface area contributed by atoms with Gasteiger partial charge in [-0.3, -0.25) is 14.8 Å². The molecule has 3 aromatic heterocycles. The standard InChI is InChI=1S/C30H21N5O/c1-35(23-14-12-20-8-2-3-9-21(20)18-23)30(36)22-13-15-24-27(19-22)34-29(26-11-5-7-17-32-26)28(33-24)25-10-4-6-16-31-25/h2-19H,1H3. The highest BCUT2D eigenvalue weighted by molar-refractivity contribution is 6.08. The zero-order valence-electron chi connectivity index (χ0n) is 19.5. The van der Waals surface area contributed by atoms with Crippen LogP contribution in [0.5, 0.6) is 0 Å². The number of pyridine rings is 2. The zero-order valence-corrected chi connectivity index (χ0v) is 19.5. The highest BCUT2D eigenvalue weighted by Gasteiger charge is 2.18. The molecule has 0 saturated heterocycles. The van der Waals surface area contributed by atoms with Gasteiger partial charge in [0.05, 0.1) is 22.4 Å². The number of hydrogen-bond acceptors (Lipinski definition) is 5. The van der Waals surface area contributed by atoms with Crippen LogP contribution in [0.1, 0.15) is 10.4 Å². The van der Waals surface area contributed by atoms with Crippen molar-refractivity contribution in [2.24, 2.45) is 0 Å². The van der Waals surface area contributed by atoms with Crippen LogP contribution in [0, 0.1) is 0 Å². The maximum Gasteiger partial charge on any atom is 0.258 e. The van der Waals surface area contributed by atoms with Crippen LogP contribution in [0.15, 0.2) is 109 Å². The van der Waals surface area contributed by atoms with E-state index < -0.39 is 0 Å². The highest BCUT2D eigenvalue weighted by Crippen LogP contribution is 2.29. The molecule has 36 heavy (non-hydrogen) atoms. The number of anilines is 1. The Balaban J connectivity index is 1.43. The molecule has 6 nitrogen and oxygen atoms in total. The van der Waals surface area contributed by atoms with Gasteiger partial charge in [0, 0.05) is 30.7 Å². The minimum Gasteiger partial charge on any atom is -0.311 e. The molecule has 0 aliphatic carbocycles. The molecule has 6 aromatic rings. The zero-order chi connectivity index (χ0) is 24.5. The van der Waals surface area contributed by atoms with Crippen LogP contribution in [-0.2, 0) is 0 Å². The first-order valence-corrected chi connectivity index (χ1v) is 11.6. The fourth-order valence-corrected chi connectivity index (χ4v) is 4.25. The lowest BCUT2D eigenvalue weighted by Gasteiger charge is -2.18. The van der Waals surface area contributed by atoms with Crippen LogP contribution in [-0.4, -0.2) is 32.9 Å². The molecule has 0 spiro atoms. The van der Waals surface area contributed by atoms with E-state index >= 15 is 0 Å². The smallest absolute Gasteiger partial charge is 0.258 e. The van der Waals surface area contributed by atoms with Crippen molar-refractivity contribution in [3.63, 3.8) is 0 Å². The number of amides is 1. The Morgan fingerprint density at radius 1 is 0.639 bits per heavy atom. The summed E-state index contributed by atoms with van der Waals surface area (Å²) in [5, 5.41) is 2.22. The number of benzene rings is 3. The summed E-state index contributed by atoms with van der Waals surface area (Å²) in [5.74, 6) is -0.123. The number of rotatable bonds is 4. The van der Waals surface area contributed by atoms with Gasteiger partial charge in [-0.2, -0.15) is 0 Å². The maximum atomic E-state index is 13.4. The Bertz CT molecular complexity index is 1720. The van der Waals surface area contributed by atoms with Gasteiger partial charge in [-0.25, -0.2) is 9.97 Å². The SMILES string of the molecule is CN(C(=O)c1ccc2nc(-c3ccccn3)c(-c3ccccn3)nc2c1)c1ccc2ccccc2c1. The van der Waals surface area contributed by atoms with Crippen LogP contribution in [0.4, 0.5) is 5.69 Å². The summed E-state index contributed by atoms with van der Waals surface area (Å²) in [6.45, 7) is 0. The normalized spacial score (nSPS) is 11.0. The van der Waals surface area contributed by atoms with E-state index in [1.54, 1.807) is 36.5 Å². The van der Waals surface area contributed by atoms with Crippen LogP contribution < -0.4 is 4.90 Å². The van der Waals surface area contributed by atoms with Crippen molar-refractivity contribution in [1.29, 1.82) is 0 Å². The molecule has 3 heterocycles. The fourth-order valence-electron chi connectivity index (χ4n) is 4.25. The molecule has 6 rings (SSSR count). The summed E-state index contributed by atoms with van der Waals surface area (Å²) >= 11 is 0. The van der Waals surface area contributed by atoms with Gasteiger partial charge in [0.1, 0.15) is 11.4 Å². The Hall–Kier alpha value is -4.97. The molecule has 0 fully saturated rings. The van der Waals surface area contributed by atoms with Crippen molar-refractivity contribution in [3.8, 4) is 22.8 Å². The first-order valence-electron chi connectivity index (χ1n) is 11.6. The molecule has 0 saturated carbocycles. The van der Waals surface area contributed by atoms with Crippen LogP contribution in [0.2, 0.25) is 0 Å². The average molecular weight is 468 g/mol. The Morgan fingerprint density at radius 2 is 1.28 bits per heavy atom. The number of carbonyl (C=O) groups excluding carboxylic acids is 1. The lowest BCUT2D eigenvalue weighted by molar-refractivity contribution is 0.0993. The van der Waals surface area contributed by atoms with Gasteiger partial charge < -0.3 is 4.90 Å². The molecule has 0 bridgehead atoms. The Labute approximate surface area is 207 Å². The van der Waals surface area contributed by atoms with E-state index in [0.717, 1.165) is 16.5 Å². The second-order valence-corrected chi connectivity index (χ2v) is 8.45. The van der Waals surface area contributed by atoms with Gasteiger partial charge in [-0.1, -0.05) is 42.5 Å². The largest absolute Gasteiger partial charge is 0.311 e. The first kappa shape index (κ1) is 21.6. The Kier molecular flexibility index (Phi) is 5.39. The minimum absolute atomic E-state index is 0.123. The lowest BCUT2D eigenvalue weighted by atomic mass is 10.1. The van der Waals surface area contributed by atoms with Gasteiger partial charge in [-0.15, -0.1) is 0 Å². The summed E-state index contributed by atoms with van der Waals surface area (Å²) in [7, 11) is 1.78. The van der Waals surface area contributed by atoms with Gasteiger partial charge in [0.25, 0.3) is 5.91 Å². The van der Waals surface area contributed by atoms with E-state index in [4.69, 9.17) is 9.97 Å². The van der Waals surface area contributed by atoms with Gasteiger partial charge in [0.15, 0.2) is 0 Å². The van der Waals surface area contributed by atoms with E-state index in [0.29, 0.717) is 39.4 Å². The fraction of sp³-hybridized carbons (Fsp3) is 0.0333. The predicted octanol–water partition coefficient (Wildman–Crippen LogP) is 6.18. The number of nitrogens with zero attached hydrogens (tertiary/aromatic N) is 5. The second-order valence-electron chi connectivity index (χ2n) is 8.45. The lowest BCUT2D eigenvalue weighted by Crippen LogP contribution is -2.26. The third kappa shape index (κ3) is 3.95. The molecule has 0 unspecified atom stereocenters. The molecular weight excluding hydrogens is 446 g/mol. The van der Waals surface area contributed by atoms with E-state index in [2.05, 4.69) is 16.0 Å². The number of aromatic nitrogens is 4. The van der Waals surface area contributed by atoms with E-state index in [1.807, 2.05) is 78.9 Å². The summed E-state index contributed by atoms with van der Waals surface area (Å²) in [4.78, 5) is 33.8. The van der Waals surface area contributed by atoms with Crippen molar-refractivity contribution in [2.45, 2.75) is 0 Å². The van der Waals surface area contributed by atoms with Crippen LogP contribution in [0.25, 0.3) is 44.6 Å². The third-order valence-corrected chi connectivity index (χ3v) is 6.15. The topological polar surface area (TPSA) is 71.9 Å². The number of fused-ring (bicyclic) bond motifs is 2. The van der Waals surface area contributed by atoms with Crippen molar-refractivity contribution in [1.82, 2.24) is 19.9 Å².